The Morgan fingerprint density at radius 3 is 2.69 bits per heavy atom. The van der Waals surface area contributed by atoms with Gasteiger partial charge in [-0.05, 0) is 55.2 Å². The molecular weight excluding hydrogens is 337 g/mol. The van der Waals surface area contributed by atoms with Crippen molar-refractivity contribution in [3.63, 3.8) is 0 Å². The van der Waals surface area contributed by atoms with Crippen LogP contribution in [0.15, 0.2) is 42.5 Å². The van der Waals surface area contributed by atoms with Crippen molar-refractivity contribution in [3.8, 4) is 5.75 Å². The maximum absolute atomic E-state index is 13.6. The van der Waals surface area contributed by atoms with Crippen LogP contribution >= 0.6 is 0 Å². The van der Waals surface area contributed by atoms with Crippen LogP contribution in [-0.2, 0) is 11.2 Å². The van der Waals surface area contributed by atoms with Crippen molar-refractivity contribution in [1.29, 1.82) is 0 Å². The van der Waals surface area contributed by atoms with Gasteiger partial charge in [-0.15, -0.1) is 0 Å². The first-order valence-electron chi connectivity index (χ1n) is 8.57. The van der Waals surface area contributed by atoms with Crippen LogP contribution in [0.1, 0.15) is 46.8 Å². The Balaban J connectivity index is 1.61. The van der Waals surface area contributed by atoms with Crippen LogP contribution in [0.4, 0.5) is 4.39 Å². The van der Waals surface area contributed by atoms with Crippen molar-refractivity contribution in [1.82, 2.24) is 5.32 Å². The first-order valence-corrected chi connectivity index (χ1v) is 8.57. The smallest absolute Gasteiger partial charge is 0.335 e. The van der Waals surface area contributed by atoms with Gasteiger partial charge in [-0.25, -0.2) is 9.18 Å². The molecule has 0 radical (unpaired) electrons. The molecule has 0 aromatic heterocycles. The van der Waals surface area contributed by atoms with Gasteiger partial charge in [0, 0.05) is 12.0 Å². The molecule has 1 amide bonds. The molecule has 0 spiro atoms. The number of hydrogen-bond acceptors (Lipinski definition) is 3. The van der Waals surface area contributed by atoms with E-state index < -0.39 is 5.97 Å². The Morgan fingerprint density at radius 1 is 1.19 bits per heavy atom. The summed E-state index contributed by atoms with van der Waals surface area (Å²) in [7, 11) is 0. The molecule has 1 heterocycles. The first-order chi connectivity index (χ1) is 12.5. The second-order valence-corrected chi connectivity index (χ2v) is 6.30. The number of aromatic carboxylic acids is 1. The average Bonchev–Trinajstić information content (AvgIpc) is 2.82. The molecule has 0 aliphatic carbocycles. The maximum atomic E-state index is 13.6. The van der Waals surface area contributed by atoms with E-state index in [1.54, 1.807) is 18.2 Å². The number of carbonyl (C=O) groups excluding carboxylic acids is 1. The minimum absolute atomic E-state index is 0.130. The molecule has 1 aliphatic heterocycles. The number of aryl methyl sites for hydroxylation is 1. The van der Waals surface area contributed by atoms with Crippen molar-refractivity contribution in [2.75, 3.05) is 6.61 Å². The fourth-order valence-corrected chi connectivity index (χ4v) is 3.04. The molecule has 2 aromatic rings. The maximum Gasteiger partial charge on any atom is 0.335 e. The summed E-state index contributed by atoms with van der Waals surface area (Å²) in [5, 5.41) is 11.9. The largest absolute Gasteiger partial charge is 0.493 e. The predicted molar refractivity (Wildman–Crippen MR) is 93.7 cm³/mol. The van der Waals surface area contributed by atoms with Crippen LogP contribution in [0.25, 0.3) is 0 Å². The Kier molecular flexibility index (Phi) is 5.51. The molecule has 0 saturated carbocycles. The molecule has 0 fully saturated rings. The van der Waals surface area contributed by atoms with E-state index in [0.717, 1.165) is 12.0 Å². The summed E-state index contributed by atoms with van der Waals surface area (Å²) in [4.78, 5) is 23.2. The summed E-state index contributed by atoms with van der Waals surface area (Å²) in [5.41, 5.74) is 1.78. The standard InChI is InChI=1S/C20H20FNO4/c21-15-8-9-18-16(12-15)17(2-1-11-26-18)22-19(23)10-5-13-3-6-14(7-4-13)20(24)25/h3-4,6-9,12,17H,1-2,5,10-11H2,(H,22,23)(H,24,25). The van der Waals surface area contributed by atoms with Crippen molar-refractivity contribution < 1.29 is 23.8 Å². The molecule has 1 unspecified atom stereocenters. The number of carboxylic acids is 1. The fourth-order valence-electron chi connectivity index (χ4n) is 3.04. The van der Waals surface area contributed by atoms with Gasteiger partial charge in [-0.1, -0.05) is 12.1 Å². The molecule has 0 bridgehead atoms. The normalized spacial score (nSPS) is 16.1. The van der Waals surface area contributed by atoms with Gasteiger partial charge in [0.1, 0.15) is 11.6 Å². The van der Waals surface area contributed by atoms with E-state index in [1.807, 2.05) is 0 Å². The van der Waals surface area contributed by atoms with Gasteiger partial charge in [0.05, 0.1) is 18.2 Å². The van der Waals surface area contributed by atoms with E-state index in [9.17, 15) is 14.0 Å². The van der Waals surface area contributed by atoms with Gasteiger partial charge in [-0.3, -0.25) is 4.79 Å². The lowest BCUT2D eigenvalue weighted by atomic mass is 10.0. The number of hydrogen-bond donors (Lipinski definition) is 2. The van der Waals surface area contributed by atoms with Crippen LogP contribution in [0.2, 0.25) is 0 Å². The van der Waals surface area contributed by atoms with E-state index in [0.29, 0.717) is 30.8 Å². The summed E-state index contributed by atoms with van der Waals surface area (Å²) in [6.45, 7) is 0.543. The number of fused-ring (bicyclic) bond motifs is 1. The zero-order chi connectivity index (χ0) is 18.5. The molecule has 6 heteroatoms. The van der Waals surface area contributed by atoms with E-state index in [-0.39, 0.29) is 29.8 Å². The molecule has 0 saturated heterocycles. The fraction of sp³-hybridized carbons (Fsp3) is 0.300. The lowest BCUT2D eigenvalue weighted by Crippen LogP contribution is -2.28. The van der Waals surface area contributed by atoms with Gasteiger partial charge < -0.3 is 15.2 Å². The van der Waals surface area contributed by atoms with Gasteiger partial charge in [0.15, 0.2) is 0 Å². The lowest BCUT2D eigenvalue weighted by molar-refractivity contribution is -0.121. The summed E-state index contributed by atoms with van der Waals surface area (Å²) in [6.07, 6.45) is 2.24. The summed E-state index contributed by atoms with van der Waals surface area (Å²) < 4.78 is 19.2. The van der Waals surface area contributed by atoms with E-state index in [2.05, 4.69) is 5.32 Å². The van der Waals surface area contributed by atoms with Crippen LogP contribution in [0.3, 0.4) is 0 Å². The number of halogens is 1. The van der Waals surface area contributed by atoms with Crippen LogP contribution in [0.5, 0.6) is 5.75 Å². The minimum Gasteiger partial charge on any atom is -0.493 e. The minimum atomic E-state index is -0.976. The third-order valence-electron chi connectivity index (χ3n) is 4.42. The summed E-state index contributed by atoms with van der Waals surface area (Å²) in [6, 6.07) is 10.6. The number of rotatable bonds is 5. The van der Waals surface area contributed by atoms with Gasteiger partial charge >= 0.3 is 5.97 Å². The van der Waals surface area contributed by atoms with Crippen LogP contribution < -0.4 is 10.1 Å². The second kappa shape index (κ2) is 7.99. The predicted octanol–water partition coefficient (Wildman–Crippen LogP) is 3.49. The third-order valence-corrected chi connectivity index (χ3v) is 4.42. The highest BCUT2D eigenvalue weighted by atomic mass is 19.1. The zero-order valence-corrected chi connectivity index (χ0v) is 14.2. The SMILES string of the molecule is O=C(CCc1ccc(C(=O)O)cc1)NC1CCCOc2ccc(F)cc21. The lowest BCUT2D eigenvalue weighted by Gasteiger charge is -2.18. The number of carboxylic acid groups (broad SMARTS) is 1. The van der Waals surface area contributed by atoms with Gasteiger partial charge in [0.25, 0.3) is 0 Å². The van der Waals surface area contributed by atoms with Gasteiger partial charge in [-0.2, -0.15) is 0 Å². The Bertz CT molecular complexity index is 804. The Labute approximate surface area is 150 Å². The number of carbonyl (C=O) groups is 2. The zero-order valence-electron chi connectivity index (χ0n) is 14.2. The van der Waals surface area contributed by atoms with E-state index >= 15 is 0 Å². The highest BCUT2D eigenvalue weighted by molar-refractivity contribution is 5.87. The Morgan fingerprint density at radius 2 is 1.96 bits per heavy atom. The molecule has 26 heavy (non-hydrogen) atoms. The molecule has 136 valence electrons. The van der Waals surface area contributed by atoms with Crippen LogP contribution in [0, 0.1) is 5.82 Å². The molecule has 3 rings (SSSR count). The van der Waals surface area contributed by atoms with Crippen molar-refractivity contribution in [3.05, 3.63) is 65.0 Å². The molecule has 1 atom stereocenters. The average molecular weight is 357 g/mol. The molecule has 2 aromatic carbocycles. The van der Waals surface area contributed by atoms with Crippen molar-refractivity contribution >= 4 is 11.9 Å². The third kappa shape index (κ3) is 4.39. The van der Waals surface area contributed by atoms with Gasteiger partial charge in [0.2, 0.25) is 5.91 Å². The summed E-state index contributed by atoms with van der Waals surface area (Å²) >= 11 is 0. The topological polar surface area (TPSA) is 75.6 Å². The number of amides is 1. The molecule has 1 aliphatic rings. The Hall–Kier alpha value is -2.89. The number of nitrogens with one attached hydrogen (secondary N) is 1. The quantitative estimate of drug-likeness (QED) is 0.859. The van der Waals surface area contributed by atoms with E-state index in [4.69, 9.17) is 9.84 Å². The summed E-state index contributed by atoms with van der Waals surface area (Å²) in [5.74, 6) is -0.851. The van der Waals surface area contributed by atoms with E-state index in [1.165, 1.54) is 24.3 Å². The second-order valence-electron chi connectivity index (χ2n) is 6.30. The molecule has 5 nitrogen and oxygen atoms in total. The van der Waals surface area contributed by atoms with Crippen LogP contribution in [-0.4, -0.2) is 23.6 Å². The number of benzene rings is 2. The highest BCUT2D eigenvalue weighted by Gasteiger charge is 2.22. The molecular formula is C20H20FNO4. The van der Waals surface area contributed by atoms with Crippen molar-refractivity contribution in [2.45, 2.75) is 31.7 Å². The molecule has 2 N–H and O–H groups in total. The van der Waals surface area contributed by atoms with Crippen molar-refractivity contribution in [2.24, 2.45) is 0 Å². The number of ether oxygens (including phenoxy) is 1. The highest BCUT2D eigenvalue weighted by Crippen LogP contribution is 2.32. The monoisotopic (exact) mass is 357 g/mol. The first kappa shape index (κ1) is 17.9.